The molecular formula is C12H14N4O2. The maximum absolute atomic E-state index is 5.47. The van der Waals surface area contributed by atoms with Crippen molar-refractivity contribution in [3.8, 4) is 11.5 Å². The standard InChI is InChI=1S/C12H14N4O2/c13-12-15-14-11(18-12)9-3-1-2-4-10(9)16-5-7-17-8-6-16/h1-4H,5-8H2,(H2,13,15). The molecule has 18 heavy (non-hydrogen) atoms. The normalized spacial score (nSPS) is 15.9. The van der Waals surface area contributed by atoms with Crippen LogP contribution in [0.25, 0.3) is 11.5 Å². The van der Waals surface area contributed by atoms with Crippen molar-refractivity contribution >= 4 is 11.7 Å². The first-order chi connectivity index (χ1) is 8.84. The molecule has 0 bridgehead atoms. The summed E-state index contributed by atoms with van der Waals surface area (Å²) in [7, 11) is 0. The van der Waals surface area contributed by atoms with Crippen LogP contribution in [0.1, 0.15) is 0 Å². The SMILES string of the molecule is Nc1nnc(-c2ccccc2N2CCOCC2)o1. The van der Waals surface area contributed by atoms with Crippen molar-refractivity contribution < 1.29 is 9.15 Å². The molecule has 1 fully saturated rings. The summed E-state index contributed by atoms with van der Waals surface area (Å²) < 4.78 is 10.7. The highest BCUT2D eigenvalue weighted by Crippen LogP contribution is 2.30. The number of hydrogen-bond donors (Lipinski definition) is 1. The predicted molar refractivity (Wildman–Crippen MR) is 67.2 cm³/mol. The van der Waals surface area contributed by atoms with Crippen LogP contribution in [0.3, 0.4) is 0 Å². The van der Waals surface area contributed by atoms with Crippen LogP contribution in [-0.2, 0) is 4.74 Å². The van der Waals surface area contributed by atoms with Gasteiger partial charge in [-0.25, -0.2) is 0 Å². The molecule has 2 heterocycles. The van der Waals surface area contributed by atoms with Crippen molar-refractivity contribution in [3.05, 3.63) is 24.3 Å². The third-order valence-electron chi connectivity index (χ3n) is 2.93. The topological polar surface area (TPSA) is 77.4 Å². The molecule has 1 aliphatic heterocycles. The van der Waals surface area contributed by atoms with Crippen LogP contribution in [0, 0.1) is 0 Å². The fourth-order valence-electron chi connectivity index (χ4n) is 2.08. The van der Waals surface area contributed by atoms with E-state index in [2.05, 4.69) is 15.1 Å². The van der Waals surface area contributed by atoms with Gasteiger partial charge in [-0.1, -0.05) is 17.2 Å². The van der Waals surface area contributed by atoms with Gasteiger partial charge in [0.1, 0.15) is 0 Å². The van der Waals surface area contributed by atoms with Gasteiger partial charge in [-0.15, -0.1) is 5.10 Å². The smallest absolute Gasteiger partial charge is 0.313 e. The van der Waals surface area contributed by atoms with Crippen molar-refractivity contribution in [1.29, 1.82) is 0 Å². The summed E-state index contributed by atoms with van der Waals surface area (Å²) >= 11 is 0. The third-order valence-corrected chi connectivity index (χ3v) is 2.93. The molecule has 0 amide bonds. The van der Waals surface area contributed by atoms with Crippen molar-refractivity contribution in [2.75, 3.05) is 36.9 Å². The molecule has 1 aromatic heterocycles. The van der Waals surface area contributed by atoms with Crippen molar-refractivity contribution in [1.82, 2.24) is 10.2 Å². The zero-order valence-electron chi connectivity index (χ0n) is 9.87. The number of nitrogen functional groups attached to an aromatic ring is 1. The largest absolute Gasteiger partial charge is 0.403 e. The highest BCUT2D eigenvalue weighted by molar-refractivity contribution is 5.73. The highest BCUT2D eigenvalue weighted by Gasteiger charge is 2.18. The Balaban J connectivity index is 1.99. The zero-order chi connectivity index (χ0) is 12.4. The number of rotatable bonds is 2. The molecule has 1 saturated heterocycles. The lowest BCUT2D eigenvalue weighted by molar-refractivity contribution is 0.122. The molecule has 0 unspecified atom stereocenters. The molecule has 2 N–H and O–H groups in total. The first-order valence-corrected chi connectivity index (χ1v) is 5.85. The molecule has 0 spiro atoms. The minimum atomic E-state index is 0.0850. The second kappa shape index (κ2) is 4.66. The summed E-state index contributed by atoms with van der Waals surface area (Å²) in [5.74, 6) is 0.453. The Labute approximate surface area is 104 Å². The fourth-order valence-corrected chi connectivity index (χ4v) is 2.08. The van der Waals surface area contributed by atoms with Gasteiger partial charge in [0.05, 0.1) is 18.8 Å². The summed E-state index contributed by atoms with van der Waals surface area (Å²) in [5.41, 5.74) is 7.45. The number of nitrogens with zero attached hydrogens (tertiary/aromatic N) is 3. The van der Waals surface area contributed by atoms with E-state index in [0.29, 0.717) is 5.89 Å². The molecule has 0 atom stereocenters. The molecule has 2 aromatic rings. The molecule has 0 saturated carbocycles. The average Bonchev–Trinajstić information content (AvgIpc) is 2.86. The van der Waals surface area contributed by atoms with Crippen LogP contribution in [0.2, 0.25) is 0 Å². The van der Waals surface area contributed by atoms with Crippen LogP contribution < -0.4 is 10.6 Å². The number of hydrogen-bond acceptors (Lipinski definition) is 6. The van der Waals surface area contributed by atoms with Crippen LogP contribution >= 0.6 is 0 Å². The van der Waals surface area contributed by atoms with E-state index in [1.54, 1.807) is 0 Å². The predicted octanol–water partition coefficient (Wildman–Crippen LogP) is 1.16. The fraction of sp³-hybridized carbons (Fsp3) is 0.333. The first-order valence-electron chi connectivity index (χ1n) is 5.85. The van der Waals surface area contributed by atoms with E-state index in [1.807, 2.05) is 24.3 Å². The van der Waals surface area contributed by atoms with E-state index in [-0.39, 0.29) is 6.01 Å². The zero-order valence-corrected chi connectivity index (χ0v) is 9.87. The van der Waals surface area contributed by atoms with Crippen LogP contribution in [0.4, 0.5) is 11.7 Å². The molecule has 6 nitrogen and oxygen atoms in total. The lowest BCUT2D eigenvalue weighted by atomic mass is 10.1. The van der Waals surface area contributed by atoms with Crippen LogP contribution in [0.5, 0.6) is 0 Å². The summed E-state index contributed by atoms with van der Waals surface area (Å²) in [6, 6.07) is 8.02. The number of morpholine rings is 1. The minimum Gasteiger partial charge on any atom is -0.403 e. The second-order valence-corrected chi connectivity index (χ2v) is 4.06. The van der Waals surface area contributed by atoms with Crippen molar-refractivity contribution in [3.63, 3.8) is 0 Å². The maximum Gasteiger partial charge on any atom is 0.313 e. The van der Waals surface area contributed by atoms with Crippen LogP contribution in [-0.4, -0.2) is 36.5 Å². The monoisotopic (exact) mass is 246 g/mol. The Morgan fingerprint density at radius 1 is 1.11 bits per heavy atom. The molecule has 1 aliphatic rings. The number of ether oxygens (including phenoxy) is 1. The first kappa shape index (κ1) is 11.0. The van der Waals surface area contributed by atoms with Gasteiger partial charge < -0.3 is 19.8 Å². The number of benzene rings is 1. The molecule has 0 radical (unpaired) electrons. The van der Waals surface area contributed by atoms with E-state index >= 15 is 0 Å². The molecular weight excluding hydrogens is 232 g/mol. The van der Waals surface area contributed by atoms with Crippen LogP contribution in [0.15, 0.2) is 28.7 Å². The highest BCUT2D eigenvalue weighted by atomic mass is 16.5. The third kappa shape index (κ3) is 2.02. The van der Waals surface area contributed by atoms with Gasteiger partial charge in [0.25, 0.3) is 5.89 Å². The Morgan fingerprint density at radius 3 is 2.61 bits per heavy atom. The second-order valence-electron chi connectivity index (χ2n) is 4.06. The van der Waals surface area contributed by atoms with Gasteiger partial charge in [0.15, 0.2) is 0 Å². The van der Waals surface area contributed by atoms with E-state index < -0.39 is 0 Å². The van der Waals surface area contributed by atoms with E-state index in [9.17, 15) is 0 Å². The Hall–Kier alpha value is -2.08. The Morgan fingerprint density at radius 2 is 1.89 bits per heavy atom. The summed E-state index contributed by atoms with van der Waals surface area (Å²) in [6.07, 6.45) is 0. The van der Waals surface area contributed by atoms with Gasteiger partial charge in [-0.05, 0) is 12.1 Å². The molecule has 6 heteroatoms. The minimum absolute atomic E-state index is 0.0850. The number of para-hydroxylation sites is 1. The summed E-state index contributed by atoms with van der Waals surface area (Å²) in [4.78, 5) is 2.25. The lowest BCUT2D eigenvalue weighted by Gasteiger charge is -2.29. The molecule has 0 aliphatic carbocycles. The average molecular weight is 246 g/mol. The number of aromatic nitrogens is 2. The summed E-state index contributed by atoms with van der Waals surface area (Å²) in [6.45, 7) is 3.20. The number of nitrogens with two attached hydrogens (primary N) is 1. The van der Waals surface area contributed by atoms with Gasteiger partial charge in [-0.2, -0.15) is 0 Å². The van der Waals surface area contributed by atoms with E-state index in [0.717, 1.165) is 37.6 Å². The molecule has 3 rings (SSSR count). The van der Waals surface area contributed by atoms with E-state index in [4.69, 9.17) is 14.9 Å². The van der Waals surface area contributed by atoms with E-state index in [1.165, 1.54) is 0 Å². The van der Waals surface area contributed by atoms with Crippen molar-refractivity contribution in [2.24, 2.45) is 0 Å². The molecule has 94 valence electrons. The Kier molecular flexibility index (Phi) is 2.85. The molecule has 1 aromatic carbocycles. The quantitative estimate of drug-likeness (QED) is 0.856. The Bertz CT molecular complexity index is 534. The maximum atomic E-state index is 5.47. The van der Waals surface area contributed by atoms with Gasteiger partial charge in [0.2, 0.25) is 0 Å². The number of anilines is 2. The lowest BCUT2D eigenvalue weighted by Crippen LogP contribution is -2.36. The summed E-state index contributed by atoms with van der Waals surface area (Å²) in [5, 5.41) is 7.64. The van der Waals surface area contributed by atoms with Gasteiger partial charge in [-0.3, -0.25) is 0 Å². The van der Waals surface area contributed by atoms with Crippen molar-refractivity contribution in [2.45, 2.75) is 0 Å². The van der Waals surface area contributed by atoms with Gasteiger partial charge >= 0.3 is 6.01 Å². The van der Waals surface area contributed by atoms with Gasteiger partial charge in [0, 0.05) is 18.8 Å².